The first-order chi connectivity index (χ1) is 11.5. The molecule has 0 aliphatic rings. The van der Waals surface area contributed by atoms with Gasteiger partial charge in [-0.1, -0.05) is 6.07 Å². The molecule has 3 aromatic carbocycles. The Balaban J connectivity index is 1.90. The highest BCUT2D eigenvalue weighted by Crippen LogP contribution is 2.24. The van der Waals surface area contributed by atoms with Gasteiger partial charge >= 0.3 is 5.97 Å². The Bertz CT molecular complexity index is 938. The summed E-state index contributed by atoms with van der Waals surface area (Å²) in [5, 5.41) is 0.764. The number of carbonyl (C=O) groups is 1. The summed E-state index contributed by atoms with van der Waals surface area (Å²) in [5.74, 6) is -3.53. The van der Waals surface area contributed by atoms with Gasteiger partial charge in [-0.05, 0) is 47.2 Å². The van der Waals surface area contributed by atoms with Crippen molar-refractivity contribution in [1.82, 2.24) is 0 Å². The largest absolute Gasteiger partial charge is 0.497 e. The van der Waals surface area contributed by atoms with E-state index in [9.17, 15) is 18.0 Å². The van der Waals surface area contributed by atoms with Crippen LogP contribution in [0, 0.1) is 17.5 Å². The normalized spacial score (nSPS) is 10.7. The smallest absolute Gasteiger partial charge is 0.343 e. The minimum Gasteiger partial charge on any atom is -0.497 e. The molecule has 0 amide bonds. The molecule has 24 heavy (non-hydrogen) atoms. The van der Waals surface area contributed by atoms with E-state index in [0.717, 1.165) is 18.2 Å². The summed E-state index contributed by atoms with van der Waals surface area (Å²) in [7, 11) is 1.39. The summed E-state index contributed by atoms with van der Waals surface area (Å²) in [6.45, 7) is 0. The average molecular weight is 332 g/mol. The fourth-order valence-corrected chi connectivity index (χ4v) is 2.22. The van der Waals surface area contributed by atoms with E-state index in [-0.39, 0.29) is 17.1 Å². The number of esters is 1. The lowest BCUT2D eigenvalue weighted by molar-refractivity contribution is 0.0728. The quantitative estimate of drug-likeness (QED) is 0.524. The van der Waals surface area contributed by atoms with Crippen molar-refractivity contribution in [3.63, 3.8) is 0 Å². The minimum atomic E-state index is -1.02. The highest BCUT2D eigenvalue weighted by Gasteiger charge is 2.14. The molecule has 0 bridgehead atoms. The molecule has 6 heteroatoms. The summed E-state index contributed by atoms with van der Waals surface area (Å²) in [6, 6.07) is 10.0. The Labute approximate surface area is 135 Å². The molecule has 0 unspecified atom stereocenters. The predicted octanol–water partition coefficient (Wildman–Crippen LogP) is 4.48. The molecule has 0 saturated carbocycles. The van der Waals surface area contributed by atoms with Crippen LogP contribution in [0.3, 0.4) is 0 Å². The summed E-state index contributed by atoms with van der Waals surface area (Å²) in [4.78, 5) is 12.1. The number of hydrogen-bond donors (Lipinski definition) is 0. The Hall–Kier alpha value is -3.02. The zero-order chi connectivity index (χ0) is 17.3. The molecule has 0 atom stereocenters. The van der Waals surface area contributed by atoms with Gasteiger partial charge in [-0.3, -0.25) is 0 Å². The Kier molecular flexibility index (Phi) is 4.12. The molecule has 0 aromatic heterocycles. The fraction of sp³-hybridized carbons (Fsp3) is 0.0556. The van der Waals surface area contributed by atoms with Crippen molar-refractivity contribution in [2.45, 2.75) is 0 Å². The number of fused-ring (bicyclic) bond motifs is 1. The van der Waals surface area contributed by atoms with E-state index in [1.54, 1.807) is 0 Å². The summed E-state index contributed by atoms with van der Waals surface area (Å²) in [5.41, 5.74) is 0.0868. The van der Waals surface area contributed by atoms with Gasteiger partial charge in [0.05, 0.1) is 12.7 Å². The highest BCUT2D eigenvalue weighted by molar-refractivity contribution is 5.96. The molecule has 0 radical (unpaired) electrons. The van der Waals surface area contributed by atoms with Gasteiger partial charge in [-0.2, -0.15) is 0 Å². The average Bonchev–Trinajstić information content (AvgIpc) is 2.57. The minimum absolute atomic E-state index is 0.0868. The van der Waals surface area contributed by atoms with Crippen molar-refractivity contribution in [3.8, 4) is 11.5 Å². The number of benzene rings is 3. The maximum atomic E-state index is 13.8. The van der Waals surface area contributed by atoms with Gasteiger partial charge in [0, 0.05) is 6.07 Å². The van der Waals surface area contributed by atoms with Gasteiger partial charge in [0.1, 0.15) is 5.75 Å². The third-order valence-electron chi connectivity index (χ3n) is 3.46. The number of ether oxygens (including phenoxy) is 2. The maximum absolute atomic E-state index is 13.8. The molecule has 0 saturated heterocycles. The zero-order valence-corrected chi connectivity index (χ0v) is 12.5. The van der Waals surface area contributed by atoms with Crippen LogP contribution in [-0.2, 0) is 0 Å². The van der Waals surface area contributed by atoms with Crippen molar-refractivity contribution in [2.24, 2.45) is 0 Å². The number of methoxy groups -OCH3 is 1. The molecule has 0 aliphatic heterocycles. The van der Waals surface area contributed by atoms with E-state index in [1.807, 2.05) is 0 Å². The molecule has 3 nitrogen and oxygen atoms in total. The van der Waals surface area contributed by atoms with Crippen LogP contribution in [0.25, 0.3) is 10.8 Å². The predicted molar refractivity (Wildman–Crippen MR) is 81.8 cm³/mol. The molecule has 0 fully saturated rings. The van der Waals surface area contributed by atoms with Crippen LogP contribution in [0.5, 0.6) is 11.5 Å². The van der Waals surface area contributed by atoms with Crippen molar-refractivity contribution in [1.29, 1.82) is 0 Å². The van der Waals surface area contributed by atoms with E-state index in [0.29, 0.717) is 10.8 Å². The Morgan fingerprint density at radius 1 is 0.833 bits per heavy atom. The van der Waals surface area contributed by atoms with Crippen molar-refractivity contribution in [2.75, 3.05) is 7.11 Å². The van der Waals surface area contributed by atoms with E-state index in [2.05, 4.69) is 0 Å². The first-order valence-electron chi connectivity index (χ1n) is 6.92. The number of hydrogen-bond acceptors (Lipinski definition) is 3. The third-order valence-corrected chi connectivity index (χ3v) is 3.46. The lowest BCUT2D eigenvalue weighted by Gasteiger charge is -2.08. The lowest BCUT2D eigenvalue weighted by Crippen LogP contribution is -2.09. The second-order valence-corrected chi connectivity index (χ2v) is 5.01. The molecule has 0 N–H and O–H groups in total. The van der Waals surface area contributed by atoms with Crippen molar-refractivity contribution < 1.29 is 27.4 Å². The number of halogens is 3. The Morgan fingerprint density at radius 3 is 2.21 bits per heavy atom. The molecular weight excluding hydrogens is 321 g/mol. The molecule has 3 aromatic rings. The third kappa shape index (κ3) is 3.03. The van der Waals surface area contributed by atoms with Crippen LogP contribution in [0.4, 0.5) is 13.2 Å². The topological polar surface area (TPSA) is 35.5 Å². The van der Waals surface area contributed by atoms with E-state index in [1.165, 1.54) is 37.4 Å². The number of carbonyl (C=O) groups excluding carboxylic acids is 1. The van der Waals surface area contributed by atoms with Gasteiger partial charge in [0.15, 0.2) is 23.2 Å². The van der Waals surface area contributed by atoms with Crippen LogP contribution >= 0.6 is 0 Å². The lowest BCUT2D eigenvalue weighted by atomic mass is 10.1. The summed E-state index contributed by atoms with van der Waals surface area (Å²) >= 11 is 0. The van der Waals surface area contributed by atoms with Crippen LogP contribution in [-0.4, -0.2) is 13.1 Å². The monoisotopic (exact) mass is 332 g/mol. The van der Waals surface area contributed by atoms with Gasteiger partial charge in [0.2, 0.25) is 0 Å². The standard InChI is InChI=1S/C18H11F3O3/c1-23-13-4-5-17(16(21)9-13)24-18(22)11-3-2-10-7-14(19)15(20)8-12(10)6-11/h2-9H,1H3. The van der Waals surface area contributed by atoms with Gasteiger partial charge in [0.25, 0.3) is 0 Å². The number of rotatable bonds is 3. The Morgan fingerprint density at radius 2 is 1.54 bits per heavy atom. The van der Waals surface area contributed by atoms with Crippen molar-refractivity contribution in [3.05, 3.63) is 71.5 Å². The first kappa shape index (κ1) is 15.9. The maximum Gasteiger partial charge on any atom is 0.343 e. The highest BCUT2D eigenvalue weighted by atomic mass is 19.2. The fourth-order valence-electron chi connectivity index (χ4n) is 2.22. The molecular formula is C18H11F3O3. The molecule has 0 heterocycles. The second-order valence-electron chi connectivity index (χ2n) is 5.01. The molecule has 0 aliphatic carbocycles. The van der Waals surface area contributed by atoms with Crippen LogP contribution < -0.4 is 9.47 Å². The van der Waals surface area contributed by atoms with E-state index in [4.69, 9.17) is 9.47 Å². The summed E-state index contributed by atoms with van der Waals surface area (Å²) in [6.07, 6.45) is 0. The van der Waals surface area contributed by atoms with E-state index < -0.39 is 23.4 Å². The van der Waals surface area contributed by atoms with Gasteiger partial charge in [-0.15, -0.1) is 0 Å². The first-order valence-corrected chi connectivity index (χ1v) is 6.92. The van der Waals surface area contributed by atoms with Crippen LogP contribution in [0.2, 0.25) is 0 Å². The molecule has 3 rings (SSSR count). The van der Waals surface area contributed by atoms with Crippen molar-refractivity contribution >= 4 is 16.7 Å². The zero-order valence-electron chi connectivity index (χ0n) is 12.5. The van der Waals surface area contributed by atoms with E-state index >= 15 is 0 Å². The SMILES string of the molecule is COc1ccc(OC(=O)c2ccc3cc(F)c(F)cc3c2)c(F)c1. The van der Waals surface area contributed by atoms with Gasteiger partial charge < -0.3 is 9.47 Å². The molecule has 122 valence electrons. The van der Waals surface area contributed by atoms with Crippen LogP contribution in [0.15, 0.2) is 48.5 Å². The van der Waals surface area contributed by atoms with Crippen LogP contribution in [0.1, 0.15) is 10.4 Å². The van der Waals surface area contributed by atoms with Gasteiger partial charge in [-0.25, -0.2) is 18.0 Å². The molecule has 0 spiro atoms. The summed E-state index contributed by atoms with van der Waals surface area (Å²) < 4.78 is 50.2. The second kappa shape index (κ2) is 6.23.